The van der Waals surface area contributed by atoms with E-state index in [1.54, 1.807) is 43.3 Å². The third-order valence-corrected chi connectivity index (χ3v) is 6.15. The van der Waals surface area contributed by atoms with E-state index in [0.717, 1.165) is 0 Å². The van der Waals surface area contributed by atoms with Gasteiger partial charge >= 0.3 is 0 Å². The summed E-state index contributed by atoms with van der Waals surface area (Å²) in [4.78, 5) is 14.8. The third-order valence-electron chi connectivity index (χ3n) is 4.34. The largest absolute Gasteiger partial charge is 0.382 e. The first-order chi connectivity index (χ1) is 10.2. The van der Waals surface area contributed by atoms with Gasteiger partial charge in [-0.25, -0.2) is 8.42 Å². The molecule has 0 saturated carbocycles. The van der Waals surface area contributed by atoms with Crippen molar-refractivity contribution in [1.82, 2.24) is 4.90 Å². The molecule has 1 aliphatic rings. The minimum Gasteiger partial charge on any atom is -0.382 e. The van der Waals surface area contributed by atoms with Crippen molar-refractivity contribution < 1.29 is 17.9 Å². The normalized spacial score (nSPS) is 20.3. The van der Waals surface area contributed by atoms with E-state index in [0.29, 0.717) is 18.6 Å². The Morgan fingerprint density at radius 3 is 2.64 bits per heavy atom. The van der Waals surface area contributed by atoms with Crippen LogP contribution in [0.5, 0.6) is 0 Å². The lowest BCUT2D eigenvalue weighted by Gasteiger charge is -2.38. The number of nitrogens with zero attached hydrogens (tertiary/aromatic N) is 1. The van der Waals surface area contributed by atoms with Crippen LogP contribution >= 0.6 is 0 Å². The van der Waals surface area contributed by atoms with Crippen molar-refractivity contribution in [3.63, 3.8) is 0 Å². The van der Waals surface area contributed by atoms with Crippen molar-refractivity contribution >= 4 is 15.7 Å². The zero-order valence-electron chi connectivity index (χ0n) is 13.5. The highest BCUT2D eigenvalue weighted by Gasteiger charge is 2.38. The lowest BCUT2D eigenvalue weighted by molar-refractivity contribution is -0.138. The molecule has 0 bridgehead atoms. The van der Waals surface area contributed by atoms with Gasteiger partial charge in [0.05, 0.1) is 28.7 Å². The van der Waals surface area contributed by atoms with Crippen LogP contribution in [0, 0.1) is 0 Å². The topological polar surface area (TPSA) is 63.7 Å². The Balaban J connectivity index is 2.36. The van der Waals surface area contributed by atoms with E-state index in [1.807, 2.05) is 13.8 Å². The molecule has 0 radical (unpaired) electrons. The highest BCUT2D eigenvalue weighted by Crippen LogP contribution is 2.35. The summed E-state index contributed by atoms with van der Waals surface area (Å²) in [5.41, 5.74) is 0.163. The second kappa shape index (κ2) is 6.01. The molecule has 1 aromatic rings. The van der Waals surface area contributed by atoms with Gasteiger partial charge in [0.25, 0.3) is 0 Å². The first-order valence-electron chi connectivity index (χ1n) is 7.29. The van der Waals surface area contributed by atoms with Gasteiger partial charge < -0.3 is 9.64 Å². The number of ether oxygens (including phenoxy) is 1. The average Bonchev–Trinajstić information content (AvgIpc) is 2.46. The van der Waals surface area contributed by atoms with E-state index >= 15 is 0 Å². The van der Waals surface area contributed by atoms with Crippen molar-refractivity contribution in [2.24, 2.45) is 0 Å². The first kappa shape index (κ1) is 17.0. The SMILES string of the molecule is COCC(C)(C)N(C)C(=O)C1CCS(=O)(=O)c2ccccc21. The van der Waals surface area contributed by atoms with Crippen molar-refractivity contribution in [1.29, 1.82) is 0 Å². The number of hydrogen-bond acceptors (Lipinski definition) is 4. The summed E-state index contributed by atoms with van der Waals surface area (Å²) in [5.74, 6) is -0.468. The van der Waals surface area contributed by atoms with E-state index < -0.39 is 21.3 Å². The molecule has 0 aliphatic carbocycles. The summed E-state index contributed by atoms with van der Waals surface area (Å²) >= 11 is 0. The summed E-state index contributed by atoms with van der Waals surface area (Å²) in [6.07, 6.45) is 0.325. The second-order valence-corrected chi connectivity index (χ2v) is 8.42. The van der Waals surface area contributed by atoms with E-state index in [4.69, 9.17) is 4.74 Å². The molecule has 0 spiro atoms. The standard InChI is InChI=1S/C16H23NO4S/c1-16(2,11-21-4)17(3)15(18)13-9-10-22(19,20)14-8-6-5-7-12(13)14/h5-8,13H,9-11H2,1-4H3. The minimum atomic E-state index is -3.28. The molecule has 1 aliphatic heterocycles. The molecule has 0 saturated heterocycles. The van der Waals surface area contributed by atoms with Gasteiger partial charge in [0.2, 0.25) is 5.91 Å². The van der Waals surface area contributed by atoms with Gasteiger partial charge in [-0.2, -0.15) is 0 Å². The fourth-order valence-corrected chi connectivity index (χ4v) is 4.45. The quantitative estimate of drug-likeness (QED) is 0.847. The van der Waals surface area contributed by atoms with E-state index in [1.165, 1.54) is 0 Å². The minimum absolute atomic E-state index is 0.0129. The van der Waals surface area contributed by atoms with Gasteiger partial charge in [-0.05, 0) is 31.9 Å². The maximum absolute atomic E-state index is 12.9. The van der Waals surface area contributed by atoms with Crippen molar-refractivity contribution in [2.75, 3.05) is 26.5 Å². The highest BCUT2D eigenvalue weighted by molar-refractivity contribution is 7.91. The summed E-state index contributed by atoms with van der Waals surface area (Å²) in [7, 11) is 0.0676. The van der Waals surface area contributed by atoms with Crippen LogP contribution < -0.4 is 0 Å². The Labute approximate surface area is 132 Å². The van der Waals surface area contributed by atoms with Crippen LogP contribution in [0.2, 0.25) is 0 Å². The fourth-order valence-electron chi connectivity index (χ4n) is 2.83. The molecule has 1 amide bonds. The van der Waals surface area contributed by atoms with Gasteiger partial charge in [0.1, 0.15) is 0 Å². The number of likely N-dealkylation sites (N-methyl/N-ethyl adjacent to an activating group) is 1. The Bertz CT molecular complexity index is 666. The molecular weight excluding hydrogens is 302 g/mol. The number of carbonyl (C=O) groups is 1. The van der Waals surface area contributed by atoms with Gasteiger partial charge in [0.15, 0.2) is 9.84 Å². The van der Waals surface area contributed by atoms with Gasteiger partial charge in [-0.1, -0.05) is 18.2 Å². The molecule has 1 unspecified atom stereocenters. The Morgan fingerprint density at radius 1 is 1.36 bits per heavy atom. The Morgan fingerprint density at radius 2 is 2.00 bits per heavy atom. The van der Waals surface area contributed by atoms with Crippen molar-refractivity contribution in [3.05, 3.63) is 29.8 Å². The van der Waals surface area contributed by atoms with Crippen molar-refractivity contribution in [2.45, 2.75) is 36.6 Å². The van der Waals surface area contributed by atoms with Gasteiger partial charge in [-0.15, -0.1) is 0 Å². The molecule has 22 heavy (non-hydrogen) atoms. The molecule has 1 heterocycles. The molecule has 2 rings (SSSR count). The maximum atomic E-state index is 12.9. The maximum Gasteiger partial charge on any atom is 0.230 e. The number of fused-ring (bicyclic) bond motifs is 1. The number of amides is 1. The molecule has 6 heteroatoms. The Kier molecular flexibility index (Phi) is 4.63. The number of rotatable bonds is 4. The van der Waals surface area contributed by atoms with Gasteiger partial charge in [0, 0.05) is 14.2 Å². The van der Waals surface area contributed by atoms with E-state index in [-0.39, 0.29) is 16.6 Å². The number of methoxy groups -OCH3 is 1. The lowest BCUT2D eigenvalue weighted by Crippen LogP contribution is -2.50. The lowest BCUT2D eigenvalue weighted by atomic mass is 9.92. The molecule has 0 N–H and O–H groups in total. The Hall–Kier alpha value is -1.40. The number of hydrogen-bond donors (Lipinski definition) is 0. The van der Waals surface area contributed by atoms with Crippen LogP contribution in [0.4, 0.5) is 0 Å². The summed E-state index contributed by atoms with van der Waals surface area (Å²) in [6, 6.07) is 6.80. The number of carbonyl (C=O) groups excluding carboxylic acids is 1. The number of sulfone groups is 1. The molecular formula is C16H23NO4S. The van der Waals surface area contributed by atoms with Crippen molar-refractivity contribution in [3.8, 4) is 0 Å². The van der Waals surface area contributed by atoms with E-state index in [2.05, 4.69) is 0 Å². The third kappa shape index (κ3) is 3.03. The van der Waals surface area contributed by atoms with Crippen LogP contribution in [0.15, 0.2) is 29.2 Å². The molecule has 1 aromatic carbocycles. The monoisotopic (exact) mass is 325 g/mol. The van der Waals surface area contributed by atoms with E-state index in [9.17, 15) is 13.2 Å². The van der Waals surface area contributed by atoms with Crippen LogP contribution in [-0.2, 0) is 19.4 Å². The summed E-state index contributed by atoms with van der Waals surface area (Å²) in [6.45, 7) is 4.28. The average molecular weight is 325 g/mol. The number of benzene rings is 1. The highest BCUT2D eigenvalue weighted by atomic mass is 32.2. The molecule has 122 valence electrons. The summed E-state index contributed by atoms with van der Waals surface area (Å²) < 4.78 is 29.5. The van der Waals surface area contributed by atoms with Crippen LogP contribution in [-0.4, -0.2) is 51.3 Å². The summed E-state index contributed by atoms with van der Waals surface area (Å²) in [5, 5.41) is 0. The van der Waals surface area contributed by atoms with Crippen LogP contribution in [0.25, 0.3) is 0 Å². The second-order valence-electron chi connectivity index (χ2n) is 6.34. The molecule has 0 aromatic heterocycles. The fraction of sp³-hybridized carbons (Fsp3) is 0.562. The molecule has 0 fully saturated rings. The zero-order chi connectivity index (χ0) is 16.5. The first-order valence-corrected chi connectivity index (χ1v) is 8.94. The van der Waals surface area contributed by atoms with Crippen LogP contribution in [0.1, 0.15) is 31.7 Å². The molecule has 5 nitrogen and oxygen atoms in total. The smallest absolute Gasteiger partial charge is 0.230 e. The van der Waals surface area contributed by atoms with Gasteiger partial charge in [-0.3, -0.25) is 4.79 Å². The predicted molar refractivity (Wildman–Crippen MR) is 84.6 cm³/mol. The van der Waals surface area contributed by atoms with Crippen LogP contribution in [0.3, 0.4) is 0 Å². The molecule has 1 atom stereocenters. The predicted octanol–water partition coefficient (Wildman–Crippen LogP) is 1.83. The zero-order valence-corrected chi connectivity index (χ0v) is 14.3.